The Kier molecular flexibility index (Phi) is 6.00. The molecular formula is C15H18N2O4. The third-order valence-corrected chi connectivity index (χ3v) is 2.68. The monoisotopic (exact) mass is 290 g/mol. The predicted octanol–water partition coefficient (Wildman–Crippen LogP) is 1.31. The summed E-state index contributed by atoms with van der Waals surface area (Å²) < 4.78 is 10.3. The van der Waals surface area contributed by atoms with Gasteiger partial charge in [0, 0.05) is 0 Å². The number of benzene rings is 1. The van der Waals surface area contributed by atoms with Crippen molar-refractivity contribution in [1.29, 1.82) is 0 Å². The third kappa shape index (κ3) is 4.38. The molecule has 1 aromatic rings. The highest BCUT2D eigenvalue weighted by molar-refractivity contribution is 5.89. The summed E-state index contributed by atoms with van der Waals surface area (Å²) in [5, 5.41) is 5.21. The maximum Gasteiger partial charge on any atom is 0.245 e. The molecule has 6 heteroatoms. The first-order chi connectivity index (χ1) is 10.0. The van der Waals surface area contributed by atoms with Crippen molar-refractivity contribution < 1.29 is 19.1 Å². The molecule has 2 amide bonds. The molecule has 112 valence electrons. The van der Waals surface area contributed by atoms with Gasteiger partial charge in [-0.15, -0.1) is 0 Å². The van der Waals surface area contributed by atoms with Crippen LogP contribution in [0.15, 0.2) is 43.5 Å². The summed E-state index contributed by atoms with van der Waals surface area (Å²) in [5.74, 6) is 0.198. The fourth-order valence-corrected chi connectivity index (χ4v) is 1.64. The maximum absolute atomic E-state index is 11.5. The fourth-order valence-electron chi connectivity index (χ4n) is 1.64. The maximum atomic E-state index is 11.5. The summed E-state index contributed by atoms with van der Waals surface area (Å²) in [6, 6.07) is 5.05. The molecule has 0 atom stereocenters. The highest BCUT2D eigenvalue weighted by atomic mass is 16.5. The van der Waals surface area contributed by atoms with E-state index in [1.807, 2.05) is 0 Å². The molecule has 0 aliphatic heterocycles. The Morgan fingerprint density at radius 1 is 1.05 bits per heavy atom. The molecule has 6 nitrogen and oxygen atoms in total. The lowest BCUT2D eigenvalue weighted by atomic mass is 10.1. The zero-order valence-corrected chi connectivity index (χ0v) is 12.0. The molecule has 0 unspecified atom stereocenters. The predicted molar refractivity (Wildman–Crippen MR) is 79.0 cm³/mol. The van der Waals surface area contributed by atoms with Crippen LogP contribution in [0, 0.1) is 0 Å². The van der Waals surface area contributed by atoms with Gasteiger partial charge in [0.25, 0.3) is 0 Å². The summed E-state index contributed by atoms with van der Waals surface area (Å²) in [6.45, 7) is 6.76. The number of nitrogens with one attached hydrogen (secondary N) is 2. The average molecular weight is 290 g/mol. The summed E-state index contributed by atoms with van der Waals surface area (Å²) in [6.07, 6.45) is 1.50. The highest BCUT2D eigenvalue weighted by Crippen LogP contribution is 2.29. The van der Waals surface area contributed by atoms with Gasteiger partial charge in [0.1, 0.15) is 6.17 Å². The van der Waals surface area contributed by atoms with Gasteiger partial charge in [0.15, 0.2) is 11.5 Å². The molecule has 0 spiro atoms. The van der Waals surface area contributed by atoms with E-state index in [1.165, 1.54) is 14.2 Å². The number of carbonyl (C=O) groups is 2. The molecule has 1 rings (SSSR count). The molecule has 0 aromatic heterocycles. The van der Waals surface area contributed by atoms with Crippen molar-refractivity contribution in [3.63, 3.8) is 0 Å². The highest BCUT2D eigenvalue weighted by Gasteiger charge is 2.17. The minimum absolute atomic E-state index is 0.417. The number of methoxy groups -OCH3 is 2. The van der Waals surface area contributed by atoms with Crippen LogP contribution in [0.1, 0.15) is 11.7 Å². The van der Waals surface area contributed by atoms with E-state index in [0.717, 1.165) is 12.2 Å². The molecule has 0 saturated heterocycles. The molecule has 0 aliphatic rings. The van der Waals surface area contributed by atoms with Crippen molar-refractivity contribution in [2.24, 2.45) is 0 Å². The standard InChI is InChI=1S/C15H18N2O4/c1-5-13(18)16-15(17-14(19)6-2)10-7-8-11(20-3)12(9-10)21-4/h5-9,15H,1-2H2,3-4H3,(H,16,18)(H,17,19). The van der Waals surface area contributed by atoms with Crippen molar-refractivity contribution in [2.45, 2.75) is 6.17 Å². The number of rotatable bonds is 7. The van der Waals surface area contributed by atoms with E-state index in [0.29, 0.717) is 17.1 Å². The second kappa shape index (κ2) is 7.74. The second-order valence-corrected chi connectivity index (χ2v) is 3.97. The molecule has 0 saturated carbocycles. The minimum atomic E-state index is -0.735. The van der Waals surface area contributed by atoms with E-state index >= 15 is 0 Å². The summed E-state index contributed by atoms with van der Waals surface area (Å²) in [5.41, 5.74) is 0.623. The topological polar surface area (TPSA) is 76.7 Å². The summed E-state index contributed by atoms with van der Waals surface area (Å²) in [7, 11) is 3.02. The normalized spacial score (nSPS) is 9.67. The van der Waals surface area contributed by atoms with Gasteiger partial charge in [0.05, 0.1) is 14.2 Å². The van der Waals surface area contributed by atoms with E-state index < -0.39 is 18.0 Å². The van der Waals surface area contributed by atoms with Crippen molar-refractivity contribution in [3.05, 3.63) is 49.1 Å². The van der Waals surface area contributed by atoms with Crippen LogP contribution < -0.4 is 20.1 Å². The lowest BCUT2D eigenvalue weighted by Gasteiger charge is -2.20. The molecular weight excluding hydrogens is 272 g/mol. The largest absolute Gasteiger partial charge is 0.493 e. The molecule has 0 aliphatic carbocycles. The van der Waals surface area contributed by atoms with Gasteiger partial charge >= 0.3 is 0 Å². The first kappa shape index (κ1) is 16.3. The number of hydrogen-bond donors (Lipinski definition) is 2. The van der Waals surface area contributed by atoms with Gasteiger partial charge in [0.2, 0.25) is 11.8 Å². The smallest absolute Gasteiger partial charge is 0.245 e. The zero-order valence-electron chi connectivity index (χ0n) is 12.0. The molecule has 0 radical (unpaired) electrons. The molecule has 0 bridgehead atoms. The minimum Gasteiger partial charge on any atom is -0.493 e. The van der Waals surface area contributed by atoms with Crippen LogP contribution in [0.5, 0.6) is 11.5 Å². The quantitative estimate of drug-likeness (QED) is 0.586. The van der Waals surface area contributed by atoms with Crippen LogP contribution in [0.2, 0.25) is 0 Å². The molecule has 21 heavy (non-hydrogen) atoms. The van der Waals surface area contributed by atoms with Crippen molar-refractivity contribution in [3.8, 4) is 11.5 Å². The van der Waals surface area contributed by atoms with E-state index in [-0.39, 0.29) is 0 Å². The first-order valence-corrected chi connectivity index (χ1v) is 6.13. The van der Waals surface area contributed by atoms with Gasteiger partial charge in [-0.25, -0.2) is 0 Å². The number of hydrogen-bond acceptors (Lipinski definition) is 4. The number of carbonyl (C=O) groups excluding carboxylic acids is 2. The zero-order chi connectivity index (χ0) is 15.8. The SMILES string of the molecule is C=CC(=O)NC(NC(=O)C=C)c1ccc(OC)c(OC)c1. The number of amides is 2. The van der Waals surface area contributed by atoms with Gasteiger partial charge in [-0.3, -0.25) is 9.59 Å². The van der Waals surface area contributed by atoms with E-state index in [1.54, 1.807) is 18.2 Å². The van der Waals surface area contributed by atoms with Crippen LogP contribution in [-0.2, 0) is 9.59 Å². The molecule has 1 aromatic carbocycles. The Morgan fingerprint density at radius 3 is 2.00 bits per heavy atom. The van der Waals surface area contributed by atoms with E-state index in [9.17, 15) is 9.59 Å². The van der Waals surface area contributed by atoms with E-state index in [4.69, 9.17) is 9.47 Å². The molecule has 0 fully saturated rings. The lowest BCUT2D eigenvalue weighted by Crippen LogP contribution is -2.39. The van der Waals surface area contributed by atoms with E-state index in [2.05, 4.69) is 23.8 Å². The third-order valence-electron chi connectivity index (χ3n) is 2.68. The Labute approximate surface area is 123 Å². The lowest BCUT2D eigenvalue weighted by molar-refractivity contribution is -0.119. The second-order valence-electron chi connectivity index (χ2n) is 3.97. The summed E-state index contributed by atoms with van der Waals surface area (Å²) in [4.78, 5) is 23.0. The van der Waals surface area contributed by atoms with Crippen molar-refractivity contribution in [1.82, 2.24) is 10.6 Å². The number of ether oxygens (including phenoxy) is 2. The Balaban J connectivity index is 3.11. The van der Waals surface area contributed by atoms with Crippen molar-refractivity contribution >= 4 is 11.8 Å². The van der Waals surface area contributed by atoms with Gasteiger partial charge in [-0.1, -0.05) is 19.2 Å². The van der Waals surface area contributed by atoms with Gasteiger partial charge in [-0.05, 0) is 29.8 Å². The van der Waals surface area contributed by atoms with Crippen LogP contribution in [0.3, 0.4) is 0 Å². The molecule has 2 N–H and O–H groups in total. The van der Waals surface area contributed by atoms with Gasteiger partial charge < -0.3 is 20.1 Å². The Hall–Kier alpha value is -2.76. The average Bonchev–Trinajstić information content (AvgIpc) is 2.52. The van der Waals surface area contributed by atoms with Crippen LogP contribution in [-0.4, -0.2) is 26.0 Å². The van der Waals surface area contributed by atoms with Crippen LogP contribution in [0.4, 0.5) is 0 Å². The van der Waals surface area contributed by atoms with Crippen molar-refractivity contribution in [2.75, 3.05) is 14.2 Å². The Morgan fingerprint density at radius 2 is 1.57 bits per heavy atom. The fraction of sp³-hybridized carbons (Fsp3) is 0.200. The van der Waals surface area contributed by atoms with Crippen LogP contribution >= 0.6 is 0 Å². The molecule has 0 heterocycles. The summed E-state index contributed by atoms with van der Waals surface area (Å²) >= 11 is 0. The van der Waals surface area contributed by atoms with Crippen LogP contribution in [0.25, 0.3) is 0 Å². The Bertz CT molecular complexity index is 533. The van der Waals surface area contributed by atoms with Gasteiger partial charge in [-0.2, -0.15) is 0 Å². The first-order valence-electron chi connectivity index (χ1n) is 6.13.